The van der Waals surface area contributed by atoms with Crippen molar-refractivity contribution in [3.8, 4) is 0 Å². The largest absolute Gasteiger partial charge is 0.324 e. The summed E-state index contributed by atoms with van der Waals surface area (Å²) in [6.45, 7) is 0. The number of hydrogen-bond acceptors (Lipinski definition) is 1. The molecule has 1 aromatic rings. The fraction of sp³-hybridized carbons (Fsp3) is 0.455. The third kappa shape index (κ3) is 2.41. The minimum absolute atomic E-state index is 0.114. The van der Waals surface area contributed by atoms with Gasteiger partial charge in [-0.15, -0.1) is 0 Å². The van der Waals surface area contributed by atoms with Crippen LogP contribution in [0.3, 0.4) is 0 Å². The Morgan fingerprint density at radius 3 is 2.79 bits per heavy atom. The number of rotatable bonds is 3. The second-order valence-electron chi connectivity index (χ2n) is 3.92. The standard InChI is InChI=1S/C11H13ClIN/c12-8-2-1-3-9(13)11(8)10(14)6-7-4-5-7/h1-3,7,10H,4-6,14H2/t10-/m1/s1. The molecule has 0 aromatic heterocycles. The molecular weight excluding hydrogens is 308 g/mol. The molecule has 1 aromatic carbocycles. The molecule has 0 amide bonds. The van der Waals surface area contributed by atoms with Crippen LogP contribution in [-0.2, 0) is 0 Å². The zero-order chi connectivity index (χ0) is 10.1. The first-order valence-corrected chi connectivity index (χ1v) is 6.33. The molecule has 0 spiro atoms. The van der Waals surface area contributed by atoms with Crippen LogP contribution >= 0.6 is 34.2 Å². The quantitative estimate of drug-likeness (QED) is 0.843. The molecule has 76 valence electrons. The molecular formula is C11H13ClIN. The molecule has 1 nitrogen and oxygen atoms in total. The highest BCUT2D eigenvalue weighted by atomic mass is 127. The summed E-state index contributed by atoms with van der Waals surface area (Å²) >= 11 is 8.45. The molecule has 0 radical (unpaired) electrons. The SMILES string of the molecule is N[C@H](CC1CC1)c1c(Cl)cccc1I. The van der Waals surface area contributed by atoms with Crippen molar-refractivity contribution < 1.29 is 0 Å². The van der Waals surface area contributed by atoms with E-state index in [1.807, 2.05) is 12.1 Å². The summed E-state index contributed by atoms with van der Waals surface area (Å²) < 4.78 is 1.18. The number of nitrogens with two attached hydrogens (primary N) is 1. The number of benzene rings is 1. The lowest BCUT2D eigenvalue weighted by Gasteiger charge is -2.14. The third-order valence-corrected chi connectivity index (χ3v) is 3.92. The Labute approximate surface area is 103 Å². The van der Waals surface area contributed by atoms with E-state index in [0.717, 1.165) is 22.9 Å². The maximum atomic E-state index is 6.15. The van der Waals surface area contributed by atoms with Crippen LogP contribution in [0.15, 0.2) is 18.2 Å². The zero-order valence-corrected chi connectivity index (χ0v) is 10.8. The molecule has 1 saturated carbocycles. The lowest BCUT2D eigenvalue weighted by Crippen LogP contribution is -2.13. The first-order chi connectivity index (χ1) is 6.68. The van der Waals surface area contributed by atoms with Gasteiger partial charge in [0.05, 0.1) is 0 Å². The molecule has 0 bridgehead atoms. The second kappa shape index (κ2) is 4.37. The Morgan fingerprint density at radius 1 is 1.50 bits per heavy atom. The lowest BCUT2D eigenvalue weighted by molar-refractivity contribution is 0.595. The lowest BCUT2D eigenvalue weighted by atomic mass is 10.0. The molecule has 3 heteroatoms. The molecule has 0 saturated heterocycles. The van der Waals surface area contributed by atoms with Gasteiger partial charge in [-0.3, -0.25) is 0 Å². The molecule has 1 atom stereocenters. The third-order valence-electron chi connectivity index (χ3n) is 2.65. The van der Waals surface area contributed by atoms with E-state index in [1.165, 1.54) is 16.4 Å². The molecule has 1 fully saturated rings. The van der Waals surface area contributed by atoms with Crippen molar-refractivity contribution in [2.45, 2.75) is 25.3 Å². The fourth-order valence-corrected chi connectivity index (χ4v) is 3.07. The van der Waals surface area contributed by atoms with Crippen LogP contribution in [0.2, 0.25) is 5.02 Å². The average Bonchev–Trinajstić information content (AvgIpc) is 2.87. The maximum absolute atomic E-state index is 6.15. The van der Waals surface area contributed by atoms with E-state index in [2.05, 4.69) is 28.7 Å². The van der Waals surface area contributed by atoms with Crippen molar-refractivity contribution in [2.24, 2.45) is 11.7 Å². The molecule has 2 N–H and O–H groups in total. The highest BCUT2D eigenvalue weighted by Gasteiger charge is 2.26. The van der Waals surface area contributed by atoms with E-state index < -0.39 is 0 Å². The van der Waals surface area contributed by atoms with Crippen molar-refractivity contribution >= 4 is 34.2 Å². The van der Waals surface area contributed by atoms with Crippen molar-refractivity contribution in [3.63, 3.8) is 0 Å². The molecule has 0 heterocycles. The normalized spacial score (nSPS) is 18.2. The van der Waals surface area contributed by atoms with Gasteiger partial charge in [0, 0.05) is 20.2 Å². The van der Waals surface area contributed by atoms with Gasteiger partial charge in [0.2, 0.25) is 0 Å². The summed E-state index contributed by atoms with van der Waals surface area (Å²) in [5.41, 5.74) is 7.27. The van der Waals surface area contributed by atoms with Gasteiger partial charge in [-0.2, -0.15) is 0 Å². The van der Waals surface area contributed by atoms with Gasteiger partial charge in [-0.1, -0.05) is 30.5 Å². The molecule has 0 aliphatic heterocycles. The first-order valence-electron chi connectivity index (χ1n) is 4.88. The van der Waals surface area contributed by atoms with E-state index in [9.17, 15) is 0 Å². The Kier molecular flexibility index (Phi) is 3.34. The monoisotopic (exact) mass is 321 g/mol. The summed E-state index contributed by atoms with van der Waals surface area (Å²) in [4.78, 5) is 0. The van der Waals surface area contributed by atoms with Crippen molar-refractivity contribution in [1.82, 2.24) is 0 Å². The van der Waals surface area contributed by atoms with Crippen LogP contribution in [0.4, 0.5) is 0 Å². The zero-order valence-electron chi connectivity index (χ0n) is 7.84. The minimum atomic E-state index is 0.114. The van der Waals surface area contributed by atoms with Crippen molar-refractivity contribution in [2.75, 3.05) is 0 Å². The summed E-state index contributed by atoms with van der Waals surface area (Å²) in [5, 5.41) is 0.810. The van der Waals surface area contributed by atoms with Gasteiger partial charge >= 0.3 is 0 Å². The van der Waals surface area contributed by atoms with Gasteiger partial charge in [-0.25, -0.2) is 0 Å². The summed E-state index contributed by atoms with van der Waals surface area (Å²) in [6, 6.07) is 6.07. The Morgan fingerprint density at radius 2 is 2.21 bits per heavy atom. The van der Waals surface area contributed by atoms with Crippen LogP contribution in [0.5, 0.6) is 0 Å². The Bertz CT molecular complexity index is 316. The predicted molar refractivity (Wildman–Crippen MR) is 68.4 cm³/mol. The van der Waals surface area contributed by atoms with Gasteiger partial charge in [0.15, 0.2) is 0 Å². The van der Waals surface area contributed by atoms with Crippen LogP contribution in [0.1, 0.15) is 30.9 Å². The van der Waals surface area contributed by atoms with Crippen LogP contribution < -0.4 is 5.73 Å². The van der Waals surface area contributed by atoms with Crippen LogP contribution in [0.25, 0.3) is 0 Å². The molecule has 2 rings (SSSR count). The Hall–Kier alpha value is 0.200. The summed E-state index contributed by atoms with van der Waals surface area (Å²) in [6.07, 6.45) is 3.77. The van der Waals surface area contributed by atoms with Gasteiger partial charge in [0.25, 0.3) is 0 Å². The van der Waals surface area contributed by atoms with Gasteiger partial charge in [-0.05, 0) is 47.1 Å². The molecule has 0 unspecified atom stereocenters. The highest BCUT2D eigenvalue weighted by Crippen LogP contribution is 2.39. The van der Waals surface area contributed by atoms with Crippen molar-refractivity contribution in [1.29, 1.82) is 0 Å². The number of hydrogen-bond donors (Lipinski definition) is 1. The van der Waals surface area contributed by atoms with Crippen molar-refractivity contribution in [3.05, 3.63) is 32.4 Å². The van der Waals surface area contributed by atoms with E-state index in [1.54, 1.807) is 0 Å². The van der Waals surface area contributed by atoms with E-state index in [4.69, 9.17) is 17.3 Å². The first kappa shape index (κ1) is 10.7. The smallest absolute Gasteiger partial charge is 0.0464 e. The van der Waals surface area contributed by atoms with Gasteiger partial charge < -0.3 is 5.73 Å². The summed E-state index contributed by atoms with van der Waals surface area (Å²) in [7, 11) is 0. The molecule has 1 aliphatic carbocycles. The van der Waals surface area contributed by atoms with Crippen LogP contribution in [-0.4, -0.2) is 0 Å². The topological polar surface area (TPSA) is 26.0 Å². The summed E-state index contributed by atoms with van der Waals surface area (Å²) in [5.74, 6) is 0.845. The Balaban J connectivity index is 2.19. The minimum Gasteiger partial charge on any atom is -0.324 e. The second-order valence-corrected chi connectivity index (χ2v) is 5.49. The van der Waals surface area contributed by atoms with Crippen LogP contribution in [0, 0.1) is 9.49 Å². The average molecular weight is 322 g/mol. The van der Waals surface area contributed by atoms with Gasteiger partial charge in [0.1, 0.15) is 0 Å². The maximum Gasteiger partial charge on any atom is 0.0464 e. The number of halogens is 2. The molecule has 1 aliphatic rings. The van der Waals surface area contributed by atoms with E-state index >= 15 is 0 Å². The van der Waals surface area contributed by atoms with E-state index in [0.29, 0.717) is 0 Å². The molecule has 14 heavy (non-hydrogen) atoms. The van der Waals surface area contributed by atoms with E-state index in [-0.39, 0.29) is 6.04 Å². The predicted octanol–water partition coefficient (Wildman–Crippen LogP) is 3.74. The fourth-order valence-electron chi connectivity index (χ4n) is 1.70. The highest BCUT2D eigenvalue weighted by molar-refractivity contribution is 14.1.